The summed E-state index contributed by atoms with van der Waals surface area (Å²) in [7, 11) is 0. The number of nitrogens with two attached hydrogens (primary N) is 1. The minimum atomic E-state index is 0.0817. The summed E-state index contributed by atoms with van der Waals surface area (Å²) < 4.78 is 5.88. The van der Waals surface area contributed by atoms with Crippen LogP contribution in [-0.4, -0.2) is 0 Å². The summed E-state index contributed by atoms with van der Waals surface area (Å²) in [5.41, 5.74) is 8.06. The van der Waals surface area contributed by atoms with E-state index in [1.165, 1.54) is 38.5 Å². The summed E-state index contributed by atoms with van der Waals surface area (Å²) in [5.74, 6) is 2.89. The highest BCUT2D eigenvalue weighted by atomic mass is 16.3. The van der Waals surface area contributed by atoms with Crippen molar-refractivity contribution in [2.75, 3.05) is 0 Å². The van der Waals surface area contributed by atoms with Crippen LogP contribution in [-0.2, 0) is 0 Å². The Kier molecular flexibility index (Phi) is 2.40. The molecular weight excluding hydrogens is 246 g/mol. The average molecular weight is 273 g/mol. The third-order valence-electron chi connectivity index (χ3n) is 6.40. The van der Waals surface area contributed by atoms with Crippen molar-refractivity contribution in [1.82, 2.24) is 0 Å². The van der Waals surface area contributed by atoms with Crippen LogP contribution in [0.2, 0.25) is 0 Å². The zero-order valence-electron chi connectivity index (χ0n) is 13.0. The quantitative estimate of drug-likeness (QED) is 0.856. The van der Waals surface area contributed by atoms with Crippen LogP contribution in [0.25, 0.3) is 0 Å². The molecule has 1 aromatic heterocycles. The second kappa shape index (κ2) is 3.71. The van der Waals surface area contributed by atoms with Gasteiger partial charge in [0.15, 0.2) is 0 Å². The zero-order valence-corrected chi connectivity index (χ0v) is 13.0. The summed E-state index contributed by atoms with van der Waals surface area (Å²) in [6.45, 7) is 7.02. The lowest BCUT2D eigenvalue weighted by molar-refractivity contribution is -0.156. The second-order valence-corrected chi connectivity index (χ2v) is 8.92. The third kappa shape index (κ3) is 1.73. The van der Waals surface area contributed by atoms with Crippen LogP contribution >= 0.6 is 0 Å². The van der Waals surface area contributed by atoms with Gasteiger partial charge in [0.2, 0.25) is 0 Å². The zero-order chi connectivity index (χ0) is 14.2. The minimum absolute atomic E-state index is 0.0817. The molecule has 0 aromatic carbocycles. The van der Waals surface area contributed by atoms with Crippen LogP contribution in [0.5, 0.6) is 0 Å². The van der Waals surface area contributed by atoms with Gasteiger partial charge in [0, 0.05) is 0 Å². The molecule has 110 valence electrons. The maximum absolute atomic E-state index is 6.73. The van der Waals surface area contributed by atoms with Crippen molar-refractivity contribution in [1.29, 1.82) is 0 Å². The standard InChI is InChI=1S/C18H27NO/c1-12-4-5-14(20-12)15(19)18-8-13-6-16(2,10-18)9-17(3,7-13)11-18/h4-5,13,15H,6-11,19H2,1-3H3. The minimum Gasteiger partial charge on any atom is -0.465 e. The Morgan fingerprint density at radius 3 is 2.25 bits per heavy atom. The molecule has 4 bridgehead atoms. The number of hydrogen-bond acceptors (Lipinski definition) is 2. The molecule has 4 aliphatic rings. The lowest BCUT2D eigenvalue weighted by atomic mass is 9.39. The highest BCUT2D eigenvalue weighted by Crippen LogP contribution is 2.71. The van der Waals surface area contributed by atoms with Crippen molar-refractivity contribution < 1.29 is 4.42 Å². The van der Waals surface area contributed by atoms with E-state index in [9.17, 15) is 0 Å². The van der Waals surface area contributed by atoms with Crippen molar-refractivity contribution in [3.8, 4) is 0 Å². The highest BCUT2D eigenvalue weighted by molar-refractivity contribution is 5.19. The Labute approximate surface area is 122 Å². The van der Waals surface area contributed by atoms with E-state index in [1.807, 2.05) is 6.92 Å². The molecule has 3 unspecified atom stereocenters. The topological polar surface area (TPSA) is 39.2 Å². The van der Waals surface area contributed by atoms with E-state index < -0.39 is 0 Å². The van der Waals surface area contributed by atoms with Gasteiger partial charge >= 0.3 is 0 Å². The number of hydrogen-bond donors (Lipinski definition) is 1. The Morgan fingerprint density at radius 2 is 1.75 bits per heavy atom. The molecule has 4 saturated carbocycles. The van der Waals surface area contributed by atoms with Crippen LogP contribution in [0.15, 0.2) is 16.5 Å². The Balaban J connectivity index is 1.73. The summed E-state index contributed by atoms with van der Waals surface area (Å²) in [4.78, 5) is 0. The Morgan fingerprint density at radius 1 is 1.10 bits per heavy atom. The number of rotatable bonds is 2. The summed E-state index contributed by atoms with van der Waals surface area (Å²) in [6.07, 6.45) is 8.17. The van der Waals surface area contributed by atoms with Gasteiger partial charge in [0.25, 0.3) is 0 Å². The SMILES string of the molecule is Cc1ccc(C(N)C23CC4CC(C)(CC(C)(C4)C2)C3)o1. The van der Waals surface area contributed by atoms with Gasteiger partial charge in [-0.25, -0.2) is 0 Å². The molecule has 0 radical (unpaired) electrons. The summed E-state index contributed by atoms with van der Waals surface area (Å²) >= 11 is 0. The average Bonchev–Trinajstić information content (AvgIpc) is 2.69. The van der Waals surface area contributed by atoms with Crippen molar-refractivity contribution in [3.05, 3.63) is 23.7 Å². The maximum atomic E-state index is 6.73. The monoisotopic (exact) mass is 273 g/mol. The first-order chi connectivity index (χ1) is 9.32. The molecule has 0 aliphatic heterocycles. The molecule has 0 spiro atoms. The van der Waals surface area contributed by atoms with Gasteiger partial charge in [-0.15, -0.1) is 0 Å². The molecule has 20 heavy (non-hydrogen) atoms. The maximum Gasteiger partial charge on any atom is 0.121 e. The van der Waals surface area contributed by atoms with E-state index in [-0.39, 0.29) is 11.5 Å². The van der Waals surface area contributed by atoms with Crippen molar-refractivity contribution in [2.45, 2.75) is 65.3 Å². The number of furan rings is 1. The van der Waals surface area contributed by atoms with Gasteiger partial charge in [0.1, 0.15) is 11.5 Å². The normalized spacial score (nSPS) is 47.7. The van der Waals surface area contributed by atoms with Crippen LogP contribution in [0.4, 0.5) is 0 Å². The molecule has 3 atom stereocenters. The molecule has 2 N–H and O–H groups in total. The molecule has 0 saturated heterocycles. The predicted molar refractivity (Wildman–Crippen MR) is 80.2 cm³/mol. The fourth-order valence-electron chi connectivity index (χ4n) is 6.81. The summed E-state index contributed by atoms with van der Waals surface area (Å²) in [6, 6.07) is 4.24. The highest BCUT2D eigenvalue weighted by Gasteiger charge is 2.62. The van der Waals surface area contributed by atoms with E-state index in [2.05, 4.69) is 26.0 Å². The van der Waals surface area contributed by atoms with Gasteiger partial charge < -0.3 is 10.2 Å². The Bertz CT molecular complexity index is 527. The molecule has 0 amide bonds. The van der Waals surface area contributed by atoms with Crippen LogP contribution in [0.1, 0.15) is 69.9 Å². The molecule has 4 aliphatic carbocycles. The Hall–Kier alpha value is -0.760. The third-order valence-corrected chi connectivity index (χ3v) is 6.40. The first-order valence-electron chi connectivity index (χ1n) is 8.14. The van der Waals surface area contributed by atoms with Gasteiger partial charge in [0.05, 0.1) is 6.04 Å². The molecule has 1 heterocycles. The van der Waals surface area contributed by atoms with Gasteiger partial charge in [-0.1, -0.05) is 13.8 Å². The van der Waals surface area contributed by atoms with Crippen molar-refractivity contribution in [2.24, 2.45) is 27.9 Å². The van der Waals surface area contributed by atoms with Crippen LogP contribution in [0, 0.1) is 29.1 Å². The first-order valence-corrected chi connectivity index (χ1v) is 8.14. The molecule has 1 aromatic rings. The van der Waals surface area contributed by atoms with E-state index in [1.54, 1.807) is 0 Å². The molecule has 4 fully saturated rings. The number of aryl methyl sites for hydroxylation is 1. The molecule has 2 heteroatoms. The van der Waals surface area contributed by atoms with Gasteiger partial charge in [-0.2, -0.15) is 0 Å². The second-order valence-electron chi connectivity index (χ2n) is 8.92. The van der Waals surface area contributed by atoms with E-state index in [4.69, 9.17) is 10.2 Å². The van der Waals surface area contributed by atoms with E-state index in [0.29, 0.717) is 10.8 Å². The van der Waals surface area contributed by atoms with Crippen LogP contribution in [0.3, 0.4) is 0 Å². The molecular formula is C18H27NO. The predicted octanol–water partition coefficient (Wildman–Crippen LogP) is 4.58. The van der Waals surface area contributed by atoms with Gasteiger partial charge in [-0.05, 0) is 79.7 Å². The first kappa shape index (κ1) is 12.9. The van der Waals surface area contributed by atoms with E-state index >= 15 is 0 Å². The lowest BCUT2D eigenvalue weighted by Gasteiger charge is -2.66. The van der Waals surface area contributed by atoms with Crippen molar-refractivity contribution in [3.63, 3.8) is 0 Å². The molecule has 5 rings (SSSR count). The van der Waals surface area contributed by atoms with Gasteiger partial charge in [-0.3, -0.25) is 0 Å². The smallest absolute Gasteiger partial charge is 0.121 e. The lowest BCUT2D eigenvalue weighted by Crippen LogP contribution is -2.58. The molecule has 2 nitrogen and oxygen atoms in total. The van der Waals surface area contributed by atoms with E-state index in [0.717, 1.165) is 17.4 Å². The van der Waals surface area contributed by atoms with Crippen LogP contribution < -0.4 is 5.73 Å². The largest absolute Gasteiger partial charge is 0.465 e. The fourth-order valence-corrected chi connectivity index (χ4v) is 6.81. The fraction of sp³-hybridized carbons (Fsp3) is 0.778. The summed E-state index contributed by atoms with van der Waals surface area (Å²) in [5, 5.41) is 0. The van der Waals surface area contributed by atoms with Crippen molar-refractivity contribution >= 4 is 0 Å².